The number of ether oxygens (including phenoxy) is 1. The van der Waals surface area contributed by atoms with Crippen molar-refractivity contribution >= 4 is 23.4 Å². The Kier molecular flexibility index (Phi) is 5.88. The number of hydrogen-bond donors (Lipinski definition) is 1. The zero-order chi connectivity index (χ0) is 20.1. The predicted octanol–water partition coefficient (Wildman–Crippen LogP) is 1.65. The fourth-order valence-electron chi connectivity index (χ4n) is 3.00. The van der Waals surface area contributed by atoms with Crippen molar-refractivity contribution in [1.82, 2.24) is 14.8 Å². The average molecular weight is 382 g/mol. The van der Waals surface area contributed by atoms with Gasteiger partial charge in [-0.2, -0.15) is 0 Å². The Morgan fingerprint density at radius 3 is 2.25 bits per heavy atom. The van der Waals surface area contributed by atoms with Crippen molar-refractivity contribution in [2.75, 3.05) is 38.6 Å². The lowest BCUT2D eigenvalue weighted by Crippen LogP contribution is -2.50. The molecule has 8 heteroatoms. The first-order valence-corrected chi connectivity index (χ1v) is 8.96. The summed E-state index contributed by atoms with van der Waals surface area (Å²) in [5.41, 5.74) is 0.858. The number of methoxy groups -OCH3 is 1. The van der Waals surface area contributed by atoms with Gasteiger partial charge in [0.25, 0.3) is 11.8 Å². The molecule has 1 fully saturated rings. The summed E-state index contributed by atoms with van der Waals surface area (Å²) < 4.78 is 5.22. The SMILES string of the molecule is COc1ccccc1NC(=O)c1cccc(C(=O)N2CCN(C(C)=O)CC2)n1. The van der Waals surface area contributed by atoms with Crippen molar-refractivity contribution < 1.29 is 19.1 Å². The minimum absolute atomic E-state index is 0.000215. The third-order valence-corrected chi connectivity index (χ3v) is 4.57. The molecular weight excluding hydrogens is 360 g/mol. The number of nitrogens with zero attached hydrogens (tertiary/aromatic N) is 3. The summed E-state index contributed by atoms with van der Waals surface area (Å²) in [6.45, 7) is 3.39. The smallest absolute Gasteiger partial charge is 0.274 e. The molecule has 0 atom stereocenters. The second kappa shape index (κ2) is 8.51. The number of hydrogen-bond acceptors (Lipinski definition) is 5. The van der Waals surface area contributed by atoms with Crippen molar-refractivity contribution in [3.63, 3.8) is 0 Å². The molecule has 146 valence electrons. The van der Waals surface area contributed by atoms with E-state index >= 15 is 0 Å². The Balaban J connectivity index is 1.70. The monoisotopic (exact) mass is 382 g/mol. The molecule has 0 saturated carbocycles. The minimum Gasteiger partial charge on any atom is -0.495 e. The van der Waals surface area contributed by atoms with Crippen molar-refractivity contribution in [3.05, 3.63) is 53.9 Å². The number of piperazine rings is 1. The molecule has 1 saturated heterocycles. The van der Waals surface area contributed by atoms with E-state index in [-0.39, 0.29) is 23.2 Å². The van der Waals surface area contributed by atoms with Crippen LogP contribution in [-0.2, 0) is 4.79 Å². The van der Waals surface area contributed by atoms with Gasteiger partial charge in [0.15, 0.2) is 0 Å². The number of carbonyl (C=O) groups is 3. The van der Waals surface area contributed by atoms with Crippen molar-refractivity contribution in [1.29, 1.82) is 0 Å². The van der Waals surface area contributed by atoms with Gasteiger partial charge in [0, 0.05) is 33.1 Å². The van der Waals surface area contributed by atoms with E-state index in [2.05, 4.69) is 10.3 Å². The van der Waals surface area contributed by atoms with Gasteiger partial charge in [-0.15, -0.1) is 0 Å². The largest absolute Gasteiger partial charge is 0.495 e. The van der Waals surface area contributed by atoms with Crippen LogP contribution >= 0.6 is 0 Å². The molecule has 3 amide bonds. The molecule has 8 nitrogen and oxygen atoms in total. The van der Waals surface area contributed by atoms with Crippen LogP contribution in [0, 0.1) is 0 Å². The summed E-state index contributed by atoms with van der Waals surface area (Å²) >= 11 is 0. The summed E-state index contributed by atoms with van der Waals surface area (Å²) in [7, 11) is 1.52. The first-order chi connectivity index (χ1) is 13.5. The highest BCUT2D eigenvalue weighted by Gasteiger charge is 2.24. The second-order valence-electron chi connectivity index (χ2n) is 6.36. The van der Waals surface area contributed by atoms with Crippen LogP contribution in [-0.4, -0.2) is 65.8 Å². The highest BCUT2D eigenvalue weighted by atomic mass is 16.5. The molecule has 0 spiro atoms. The number of pyridine rings is 1. The molecule has 1 aliphatic heterocycles. The highest BCUT2D eigenvalue weighted by molar-refractivity contribution is 6.04. The number of anilines is 1. The van der Waals surface area contributed by atoms with Crippen LogP contribution < -0.4 is 10.1 Å². The van der Waals surface area contributed by atoms with Crippen LogP contribution in [0.4, 0.5) is 5.69 Å². The lowest BCUT2D eigenvalue weighted by Gasteiger charge is -2.34. The van der Waals surface area contributed by atoms with Crippen LogP contribution in [0.3, 0.4) is 0 Å². The number of carbonyl (C=O) groups excluding carboxylic acids is 3. The maximum absolute atomic E-state index is 12.7. The second-order valence-corrected chi connectivity index (χ2v) is 6.36. The van der Waals surface area contributed by atoms with Crippen molar-refractivity contribution in [3.8, 4) is 5.75 Å². The fraction of sp³-hybridized carbons (Fsp3) is 0.300. The van der Waals surface area contributed by atoms with E-state index in [4.69, 9.17) is 4.74 Å². The quantitative estimate of drug-likeness (QED) is 0.868. The van der Waals surface area contributed by atoms with Crippen LogP contribution in [0.25, 0.3) is 0 Å². The molecular formula is C20H22N4O4. The van der Waals surface area contributed by atoms with E-state index in [1.807, 2.05) is 0 Å². The van der Waals surface area contributed by atoms with Gasteiger partial charge in [-0.3, -0.25) is 14.4 Å². The van der Waals surface area contributed by atoms with Gasteiger partial charge in [0.05, 0.1) is 12.8 Å². The zero-order valence-electron chi connectivity index (χ0n) is 15.8. The van der Waals surface area contributed by atoms with Gasteiger partial charge in [-0.1, -0.05) is 18.2 Å². The summed E-state index contributed by atoms with van der Waals surface area (Å²) in [6.07, 6.45) is 0. The van der Waals surface area contributed by atoms with Crippen molar-refractivity contribution in [2.45, 2.75) is 6.92 Å². The first kappa shape index (κ1) is 19.3. The molecule has 0 aliphatic carbocycles. The van der Waals surface area contributed by atoms with Crippen LogP contribution in [0.5, 0.6) is 5.75 Å². The maximum atomic E-state index is 12.7. The Hall–Kier alpha value is -3.42. The van der Waals surface area contributed by atoms with Crippen LogP contribution in [0.1, 0.15) is 27.9 Å². The number of nitrogens with one attached hydrogen (secondary N) is 1. The lowest BCUT2D eigenvalue weighted by molar-refractivity contribution is -0.130. The Morgan fingerprint density at radius 2 is 1.57 bits per heavy atom. The molecule has 1 N–H and O–H groups in total. The van der Waals surface area contributed by atoms with Gasteiger partial charge in [0.2, 0.25) is 5.91 Å². The first-order valence-electron chi connectivity index (χ1n) is 8.96. The lowest BCUT2D eigenvalue weighted by atomic mass is 10.2. The molecule has 1 aromatic heterocycles. The van der Waals surface area contributed by atoms with Gasteiger partial charge >= 0.3 is 0 Å². The zero-order valence-corrected chi connectivity index (χ0v) is 15.8. The molecule has 0 bridgehead atoms. The number of rotatable bonds is 4. The summed E-state index contributed by atoms with van der Waals surface area (Å²) in [4.78, 5) is 44.3. The molecule has 0 unspecified atom stereocenters. The van der Waals surface area contributed by atoms with E-state index in [9.17, 15) is 14.4 Å². The molecule has 2 aromatic rings. The normalized spacial score (nSPS) is 13.8. The molecule has 0 radical (unpaired) electrons. The summed E-state index contributed by atoms with van der Waals surface area (Å²) in [5, 5.41) is 2.75. The molecule has 28 heavy (non-hydrogen) atoms. The number of benzene rings is 1. The molecule has 3 rings (SSSR count). The molecule has 1 aliphatic rings. The third-order valence-electron chi connectivity index (χ3n) is 4.57. The standard InChI is InChI=1S/C20H22N4O4/c1-14(25)23-10-12-24(13-11-23)20(27)17-8-5-7-16(21-17)19(26)22-15-6-3-4-9-18(15)28-2/h3-9H,10-13H2,1-2H3,(H,22,26). The van der Waals surface area contributed by atoms with E-state index in [0.29, 0.717) is 37.6 Å². The Bertz CT molecular complexity index is 891. The van der Waals surface area contributed by atoms with Gasteiger partial charge < -0.3 is 19.9 Å². The van der Waals surface area contributed by atoms with E-state index in [1.165, 1.54) is 14.0 Å². The van der Waals surface area contributed by atoms with Crippen LogP contribution in [0.2, 0.25) is 0 Å². The number of amides is 3. The average Bonchev–Trinajstić information content (AvgIpc) is 2.73. The van der Waals surface area contributed by atoms with E-state index in [0.717, 1.165) is 0 Å². The van der Waals surface area contributed by atoms with E-state index in [1.54, 1.807) is 52.3 Å². The van der Waals surface area contributed by atoms with Gasteiger partial charge in [-0.05, 0) is 24.3 Å². The van der Waals surface area contributed by atoms with Crippen molar-refractivity contribution in [2.24, 2.45) is 0 Å². The third kappa shape index (κ3) is 4.28. The summed E-state index contributed by atoms with van der Waals surface area (Å²) in [6, 6.07) is 11.8. The summed E-state index contributed by atoms with van der Waals surface area (Å²) in [5.74, 6) is -0.151. The molecule has 2 heterocycles. The topological polar surface area (TPSA) is 91.8 Å². The van der Waals surface area contributed by atoms with E-state index < -0.39 is 5.91 Å². The van der Waals surface area contributed by atoms with Gasteiger partial charge in [-0.25, -0.2) is 4.98 Å². The Morgan fingerprint density at radius 1 is 0.929 bits per heavy atom. The predicted molar refractivity (Wildman–Crippen MR) is 103 cm³/mol. The molecule has 1 aromatic carbocycles. The maximum Gasteiger partial charge on any atom is 0.274 e. The highest BCUT2D eigenvalue weighted by Crippen LogP contribution is 2.23. The van der Waals surface area contributed by atoms with Crippen LogP contribution in [0.15, 0.2) is 42.5 Å². The minimum atomic E-state index is -0.430. The Labute approximate surface area is 163 Å². The number of aromatic nitrogens is 1. The van der Waals surface area contributed by atoms with Gasteiger partial charge in [0.1, 0.15) is 17.1 Å². The fourth-order valence-corrected chi connectivity index (χ4v) is 3.00. The number of para-hydroxylation sites is 2.